The lowest BCUT2D eigenvalue weighted by molar-refractivity contribution is -0.136. The lowest BCUT2D eigenvalue weighted by atomic mass is 9.93. The standard InChI is InChI=1S/C35H31NO6/c1-3-23-9-13-26(14-10-23)32-31(34(40)35(41)36(32)28-16-11-24(12-17-28)20-30(37)38)33(39)27-15-18-29(22(2)19-27)42-21-25-7-5-4-6-8-25/h4-19,32,39H,3,20-21H2,1-2H3,(H,37,38)/b33-31-. The first-order valence-electron chi connectivity index (χ1n) is 13.7. The number of benzene rings is 4. The number of aliphatic carboxylic acids is 1. The highest BCUT2D eigenvalue weighted by atomic mass is 16.5. The molecule has 1 atom stereocenters. The normalized spacial score (nSPS) is 16.0. The number of hydrogen-bond donors (Lipinski definition) is 2. The van der Waals surface area contributed by atoms with Gasteiger partial charge in [-0.1, -0.05) is 73.7 Å². The Morgan fingerprint density at radius 1 is 0.833 bits per heavy atom. The number of aryl methyl sites for hydroxylation is 2. The second-order valence-electron chi connectivity index (χ2n) is 10.3. The maximum Gasteiger partial charge on any atom is 0.307 e. The predicted molar refractivity (Wildman–Crippen MR) is 160 cm³/mol. The molecule has 0 aliphatic carbocycles. The molecule has 1 saturated heterocycles. The van der Waals surface area contributed by atoms with E-state index in [1.54, 1.807) is 42.5 Å². The average Bonchev–Trinajstić information content (AvgIpc) is 3.26. The van der Waals surface area contributed by atoms with Crippen LogP contribution in [0, 0.1) is 6.92 Å². The molecule has 212 valence electrons. The van der Waals surface area contributed by atoms with Crippen molar-refractivity contribution < 1.29 is 29.3 Å². The van der Waals surface area contributed by atoms with Gasteiger partial charge in [-0.15, -0.1) is 0 Å². The molecule has 1 amide bonds. The van der Waals surface area contributed by atoms with Crippen molar-refractivity contribution in [2.45, 2.75) is 39.3 Å². The molecule has 0 radical (unpaired) electrons. The third-order valence-electron chi connectivity index (χ3n) is 7.40. The van der Waals surface area contributed by atoms with Crippen molar-refractivity contribution in [3.63, 3.8) is 0 Å². The number of hydrogen-bond acceptors (Lipinski definition) is 5. The smallest absolute Gasteiger partial charge is 0.307 e. The van der Waals surface area contributed by atoms with Gasteiger partial charge in [-0.25, -0.2) is 0 Å². The van der Waals surface area contributed by atoms with Gasteiger partial charge in [0, 0.05) is 11.3 Å². The zero-order valence-electron chi connectivity index (χ0n) is 23.4. The van der Waals surface area contributed by atoms with E-state index in [1.807, 2.05) is 68.4 Å². The number of Topliss-reactive ketones (excluding diaryl/α,β-unsaturated/α-hetero) is 1. The van der Waals surface area contributed by atoms with Gasteiger partial charge in [0.05, 0.1) is 18.0 Å². The zero-order chi connectivity index (χ0) is 29.8. The highest BCUT2D eigenvalue weighted by Crippen LogP contribution is 2.42. The maximum absolute atomic E-state index is 13.5. The first-order chi connectivity index (χ1) is 20.3. The molecule has 0 aromatic heterocycles. The van der Waals surface area contributed by atoms with Gasteiger partial charge in [-0.2, -0.15) is 0 Å². The van der Waals surface area contributed by atoms with Crippen LogP contribution in [0.15, 0.2) is 103 Å². The largest absolute Gasteiger partial charge is 0.507 e. The van der Waals surface area contributed by atoms with Crippen molar-refractivity contribution in [1.82, 2.24) is 0 Å². The molecule has 0 spiro atoms. The highest BCUT2D eigenvalue weighted by molar-refractivity contribution is 6.51. The van der Waals surface area contributed by atoms with Crippen molar-refractivity contribution in [2.75, 3.05) is 4.90 Å². The van der Waals surface area contributed by atoms with Gasteiger partial charge in [0.2, 0.25) is 0 Å². The van der Waals surface area contributed by atoms with E-state index >= 15 is 0 Å². The van der Waals surface area contributed by atoms with Crippen molar-refractivity contribution in [3.05, 3.63) is 136 Å². The Morgan fingerprint density at radius 2 is 1.50 bits per heavy atom. The number of ketones is 1. The third kappa shape index (κ3) is 5.81. The first kappa shape index (κ1) is 28.4. The Hall–Kier alpha value is -5.17. The number of aliphatic hydroxyl groups is 1. The molecule has 0 saturated carbocycles. The fraction of sp³-hybridized carbons (Fsp3) is 0.171. The minimum atomic E-state index is -0.967. The Morgan fingerprint density at radius 3 is 2.12 bits per heavy atom. The van der Waals surface area contributed by atoms with E-state index in [0.29, 0.717) is 34.7 Å². The molecule has 5 rings (SSSR count). The van der Waals surface area contributed by atoms with Crippen LogP contribution in [0.2, 0.25) is 0 Å². The van der Waals surface area contributed by atoms with E-state index in [9.17, 15) is 19.5 Å². The van der Waals surface area contributed by atoms with Crippen LogP contribution >= 0.6 is 0 Å². The van der Waals surface area contributed by atoms with Crippen LogP contribution in [0.5, 0.6) is 5.75 Å². The van der Waals surface area contributed by atoms with Gasteiger partial charge in [-0.3, -0.25) is 19.3 Å². The molecule has 1 aliphatic heterocycles. The Labute approximate surface area is 244 Å². The van der Waals surface area contributed by atoms with Crippen LogP contribution in [0.1, 0.15) is 46.3 Å². The summed E-state index contributed by atoms with van der Waals surface area (Å²) in [4.78, 5) is 39.5. The van der Waals surface area contributed by atoms with Crippen molar-refractivity contribution in [2.24, 2.45) is 0 Å². The van der Waals surface area contributed by atoms with Crippen LogP contribution in [0.25, 0.3) is 5.76 Å². The monoisotopic (exact) mass is 561 g/mol. The molecule has 1 fully saturated rings. The summed E-state index contributed by atoms with van der Waals surface area (Å²) in [5.41, 5.74) is 4.92. The molecule has 42 heavy (non-hydrogen) atoms. The number of rotatable bonds is 9. The number of carboxylic acid groups (broad SMARTS) is 1. The van der Waals surface area contributed by atoms with E-state index in [2.05, 4.69) is 0 Å². The second kappa shape index (κ2) is 12.1. The van der Waals surface area contributed by atoms with Gasteiger partial charge < -0.3 is 14.9 Å². The summed E-state index contributed by atoms with van der Waals surface area (Å²) in [6.07, 6.45) is 0.662. The van der Waals surface area contributed by atoms with E-state index in [4.69, 9.17) is 9.84 Å². The Kier molecular flexibility index (Phi) is 8.20. The number of carboxylic acids is 1. The van der Waals surface area contributed by atoms with Crippen LogP contribution < -0.4 is 9.64 Å². The number of carbonyl (C=O) groups excluding carboxylic acids is 2. The van der Waals surface area contributed by atoms with Crippen molar-refractivity contribution in [1.29, 1.82) is 0 Å². The molecule has 1 aliphatic rings. The average molecular weight is 562 g/mol. The molecule has 4 aromatic carbocycles. The lowest BCUT2D eigenvalue weighted by Gasteiger charge is -2.26. The second-order valence-corrected chi connectivity index (χ2v) is 10.3. The van der Waals surface area contributed by atoms with Gasteiger partial charge in [-0.05, 0) is 71.5 Å². The quantitative estimate of drug-likeness (QED) is 0.139. The molecular weight excluding hydrogens is 530 g/mol. The van der Waals surface area contributed by atoms with E-state index in [-0.39, 0.29) is 17.8 Å². The molecule has 7 heteroatoms. The fourth-order valence-corrected chi connectivity index (χ4v) is 5.15. The number of ether oxygens (including phenoxy) is 1. The van der Waals surface area contributed by atoms with E-state index in [1.165, 1.54) is 4.90 Å². The first-order valence-corrected chi connectivity index (χ1v) is 13.7. The number of anilines is 1. The van der Waals surface area contributed by atoms with E-state index < -0.39 is 23.7 Å². The highest BCUT2D eigenvalue weighted by Gasteiger charge is 2.47. The number of amides is 1. The Balaban J connectivity index is 1.54. The summed E-state index contributed by atoms with van der Waals surface area (Å²) in [6.45, 7) is 4.28. The predicted octanol–water partition coefficient (Wildman–Crippen LogP) is 6.39. The van der Waals surface area contributed by atoms with Gasteiger partial charge in [0.1, 0.15) is 18.1 Å². The van der Waals surface area contributed by atoms with Gasteiger partial charge in [0.15, 0.2) is 0 Å². The molecule has 0 bridgehead atoms. The minimum absolute atomic E-state index is 0.0174. The molecular formula is C35H31NO6. The molecule has 7 nitrogen and oxygen atoms in total. The van der Waals surface area contributed by atoms with Gasteiger partial charge >= 0.3 is 5.97 Å². The van der Waals surface area contributed by atoms with E-state index in [0.717, 1.165) is 23.1 Å². The fourth-order valence-electron chi connectivity index (χ4n) is 5.15. The summed E-state index contributed by atoms with van der Waals surface area (Å²) in [5, 5.41) is 20.7. The molecule has 2 N–H and O–H groups in total. The molecule has 1 heterocycles. The SMILES string of the molecule is CCc1ccc(C2/C(=C(/O)c3ccc(OCc4ccccc4)c(C)c3)C(=O)C(=O)N2c2ccc(CC(=O)O)cc2)cc1. The summed E-state index contributed by atoms with van der Waals surface area (Å²) in [7, 11) is 0. The topological polar surface area (TPSA) is 104 Å². The van der Waals surface area contributed by atoms with Crippen molar-refractivity contribution in [3.8, 4) is 5.75 Å². The number of carbonyl (C=O) groups is 3. The number of aliphatic hydroxyl groups excluding tert-OH is 1. The number of nitrogens with zero attached hydrogens (tertiary/aromatic N) is 1. The summed E-state index contributed by atoms with van der Waals surface area (Å²) in [6, 6.07) is 28.1. The summed E-state index contributed by atoms with van der Waals surface area (Å²) in [5.74, 6) is -2.17. The maximum atomic E-state index is 13.5. The van der Waals surface area contributed by atoms with Gasteiger partial charge in [0.25, 0.3) is 11.7 Å². The van der Waals surface area contributed by atoms with Crippen molar-refractivity contribution >= 4 is 29.1 Å². The van der Waals surface area contributed by atoms with Crippen LogP contribution in [-0.2, 0) is 33.8 Å². The zero-order valence-corrected chi connectivity index (χ0v) is 23.4. The lowest BCUT2D eigenvalue weighted by Crippen LogP contribution is -2.29. The summed E-state index contributed by atoms with van der Waals surface area (Å²) < 4.78 is 5.98. The van der Waals surface area contributed by atoms with Crippen LogP contribution in [0.4, 0.5) is 5.69 Å². The Bertz CT molecular complexity index is 1660. The third-order valence-corrected chi connectivity index (χ3v) is 7.40. The van der Waals surface area contributed by atoms with Crippen LogP contribution in [-0.4, -0.2) is 27.9 Å². The van der Waals surface area contributed by atoms with Crippen LogP contribution in [0.3, 0.4) is 0 Å². The molecule has 4 aromatic rings. The minimum Gasteiger partial charge on any atom is -0.507 e. The molecule has 1 unspecified atom stereocenters. The summed E-state index contributed by atoms with van der Waals surface area (Å²) >= 11 is 0.